The van der Waals surface area contributed by atoms with Gasteiger partial charge in [0, 0.05) is 0 Å². The Morgan fingerprint density at radius 2 is 1.50 bits per heavy atom. The molecule has 6 heteroatoms. The summed E-state index contributed by atoms with van der Waals surface area (Å²) >= 11 is 0.750. The molecule has 0 aliphatic rings. The average Bonchev–Trinajstić information content (AvgIpc) is 2.06. The number of carbonyl (C=O) groups excluding carboxylic acids is 3. The van der Waals surface area contributed by atoms with Crippen molar-refractivity contribution < 1.29 is 42.8 Å². The summed E-state index contributed by atoms with van der Waals surface area (Å²) in [6, 6.07) is 0. The van der Waals surface area contributed by atoms with Gasteiger partial charge in [0.25, 0.3) is 0 Å². The molecule has 5 nitrogen and oxygen atoms in total. The third-order valence-corrected chi connectivity index (χ3v) is 1.34. The summed E-state index contributed by atoms with van der Waals surface area (Å²) in [5.41, 5.74) is 0. The van der Waals surface area contributed by atoms with Gasteiger partial charge in [0.1, 0.15) is 0 Å². The summed E-state index contributed by atoms with van der Waals surface area (Å²) in [6.07, 6.45) is 0. The molecule has 0 fully saturated rings. The first-order valence-electron chi connectivity index (χ1n) is 3.88. The van der Waals surface area contributed by atoms with Gasteiger partial charge in [-0.25, -0.2) is 0 Å². The van der Waals surface area contributed by atoms with Crippen LogP contribution in [0.5, 0.6) is 0 Å². The van der Waals surface area contributed by atoms with Crippen LogP contribution in [-0.2, 0) is 42.8 Å². The summed E-state index contributed by atoms with van der Waals surface area (Å²) in [4.78, 5) is 32.5. The average molecular weight is 236 g/mol. The molecule has 0 saturated heterocycles. The fourth-order valence-electron chi connectivity index (χ4n) is 0.844. The van der Waals surface area contributed by atoms with Crippen molar-refractivity contribution >= 4 is 17.5 Å². The van der Waals surface area contributed by atoms with E-state index >= 15 is 0 Å². The van der Waals surface area contributed by atoms with Crippen LogP contribution in [0, 0.1) is 5.92 Å². The molecule has 14 heavy (non-hydrogen) atoms. The number of hydrogen-bond acceptors (Lipinski definition) is 5. The second kappa shape index (κ2) is 8.90. The van der Waals surface area contributed by atoms with E-state index in [2.05, 4.69) is 4.74 Å². The summed E-state index contributed by atoms with van der Waals surface area (Å²) in [5.74, 6) is -2.93. The van der Waals surface area contributed by atoms with Gasteiger partial charge in [-0.2, -0.15) is 0 Å². The molecule has 0 aliphatic carbocycles. The topological polar surface area (TPSA) is 77.5 Å². The van der Waals surface area contributed by atoms with E-state index in [1.54, 1.807) is 6.92 Å². The quantitative estimate of drug-likeness (QED) is 0.396. The van der Waals surface area contributed by atoms with Crippen LogP contribution in [0.15, 0.2) is 0 Å². The Hall–Kier alpha value is -0.676. The van der Waals surface area contributed by atoms with E-state index in [-0.39, 0.29) is 6.61 Å². The first-order chi connectivity index (χ1) is 6.50. The maximum atomic E-state index is 11.0. The van der Waals surface area contributed by atoms with Crippen molar-refractivity contribution in [3.05, 3.63) is 0 Å². The predicted octanol–water partition coefficient (Wildman–Crippen LogP) is 0.222. The first kappa shape index (κ1) is 15.8. The van der Waals surface area contributed by atoms with Gasteiger partial charge in [0.2, 0.25) is 0 Å². The van der Waals surface area contributed by atoms with Crippen LogP contribution in [0.2, 0.25) is 0 Å². The molecule has 0 N–H and O–H groups in total. The Morgan fingerprint density at radius 1 is 1.14 bits per heavy atom. The molecule has 0 radical (unpaired) electrons. The summed E-state index contributed by atoms with van der Waals surface area (Å²) in [6.45, 7) is 4.19. The number of rotatable bonds is 4. The van der Waals surface area contributed by atoms with E-state index in [1.807, 2.05) is 0 Å². The van der Waals surface area contributed by atoms with Crippen LogP contribution in [0.3, 0.4) is 0 Å². The van der Waals surface area contributed by atoms with Crippen molar-refractivity contribution in [2.75, 3.05) is 6.61 Å². The van der Waals surface area contributed by atoms with E-state index in [0.29, 0.717) is 0 Å². The SMILES string of the molecule is CCOC(=O)C(C(C)=O)C(C)=O.[O]=[Ti]. The Bertz CT molecular complexity index is 212. The van der Waals surface area contributed by atoms with Crippen LogP contribution in [0.1, 0.15) is 20.8 Å². The number of ether oxygens (including phenoxy) is 1. The molecule has 0 atom stereocenters. The maximum absolute atomic E-state index is 11.0. The molecular weight excluding hydrogens is 224 g/mol. The number of carbonyl (C=O) groups is 3. The van der Waals surface area contributed by atoms with Crippen molar-refractivity contribution in [1.82, 2.24) is 0 Å². The third kappa shape index (κ3) is 5.88. The van der Waals surface area contributed by atoms with Crippen molar-refractivity contribution in [3.8, 4) is 0 Å². The van der Waals surface area contributed by atoms with Crippen molar-refractivity contribution in [3.63, 3.8) is 0 Å². The van der Waals surface area contributed by atoms with Crippen molar-refractivity contribution in [2.24, 2.45) is 5.92 Å². The predicted molar refractivity (Wildman–Crippen MR) is 42.2 cm³/mol. The molecule has 0 amide bonds. The minimum atomic E-state index is -1.23. The minimum absolute atomic E-state index is 0.176. The van der Waals surface area contributed by atoms with Gasteiger partial charge < -0.3 is 4.74 Å². The zero-order valence-corrected chi connectivity index (χ0v) is 9.89. The van der Waals surface area contributed by atoms with Crippen LogP contribution in [0.4, 0.5) is 0 Å². The van der Waals surface area contributed by atoms with Crippen LogP contribution in [-0.4, -0.2) is 24.1 Å². The molecule has 0 bridgehead atoms. The van der Waals surface area contributed by atoms with Crippen molar-refractivity contribution in [2.45, 2.75) is 20.8 Å². The molecular formula is C8H12O5Ti. The fraction of sp³-hybridized carbons (Fsp3) is 0.625. The van der Waals surface area contributed by atoms with Gasteiger partial charge in [0.05, 0.1) is 6.61 Å². The van der Waals surface area contributed by atoms with Gasteiger partial charge >= 0.3 is 29.7 Å². The van der Waals surface area contributed by atoms with E-state index in [4.69, 9.17) is 3.32 Å². The number of ketones is 2. The molecule has 0 saturated carbocycles. The molecule has 0 unspecified atom stereocenters. The Morgan fingerprint density at radius 3 is 1.71 bits per heavy atom. The fourth-order valence-corrected chi connectivity index (χ4v) is 0.844. The zero-order chi connectivity index (χ0) is 11.7. The van der Waals surface area contributed by atoms with E-state index in [0.717, 1.165) is 20.4 Å². The Balaban J connectivity index is 0. The number of esters is 1. The molecule has 0 aromatic carbocycles. The van der Waals surface area contributed by atoms with Crippen LogP contribution >= 0.6 is 0 Å². The van der Waals surface area contributed by atoms with Gasteiger partial charge in [-0.1, -0.05) is 0 Å². The Kier molecular flexibility index (Phi) is 10.0. The van der Waals surface area contributed by atoms with Gasteiger partial charge in [-0.05, 0) is 20.8 Å². The van der Waals surface area contributed by atoms with Crippen LogP contribution in [0.25, 0.3) is 0 Å². The second-order valence-electron chi connectivity index (χ2n) is 2.41. The van der Waals surface area contributed by atoms with E-state index in [9.17, 15) is 14.4 Å². The van der Waals surface area contributed by atoms with Gasteiger partial charge in [-0.3, -0.25) is 14.4 Å². The molecule has 78 valence electrons. The molecule has 0 aliphatic heterocycles. The summed E-state index contributed by atoms with van der Waals surface area (Å²) in [7, 11) is 0. The Labute approximate surface area is 93.9 Å². The van der Waals surface area contributed by atoms with Crippen LogP contribution < -0.4 is 0 Å². The molecule has 0 rings (SSSR count). The zero-order valence-electron chi connectivity index (χ0n) is 8.33. The monoisotopic (exact) mass is 236 g/mol. The molecule has 0 spiro atoms. The van der Waals surface area contributed by atoms with Gasteiger partial charge in [0.15, 0.2) is 17.5 Å². The standard InChI is InChI=1S/C8H12O4.O.Ti/c1-4-12-8(11)7(5(2)9)6(3)10;;/h7H,4H2,1-3H3;;. The molecule has 0 aromatic heterocycles. The second-order valence-corrected chi connectivity index (χ2v) is 2.41. The van der Waals surface area contributed by atoms with E-state index < -0.39 is 23.5 Å². The number of hydrogen-bond donors (Lipinski definition) is 0. The van der Waals surface area contributed by atoms with E-state index in [1.165, 1.54) is 13.8 Å². The van der Waals surface area contributed by atoms with Crippen molar-refractivity contribution in [1.29, 1.82) is 0 Å². The summed E-state index contributed by atoms with van der Waals surface area (Å²) < 4.78 is 12.8. The van der Waals surface area contributed by atoms with Gasteiger partial charge in [-0.15, -0.1) is 0 Å². The normalized spacial score (nSPS) is 8.50. The third-order valence-electron chi connectivity index (χ3n) is 1.34. The molecule has 0 aromatic rings. The number of Topliss-reactive ketones (excluding diaryl/α,β-unsaturated/α-hetero) is 2. The summed E-state index contributed by atoms with van der Waals surface area (Å²) in [5, 5.41) is 0. The first-order valence-corrected chi connectivity index (χ1v) is 4.52. The molecule has 0 heterocycles.